The van der Waals surface area contributed by atoms with E-state index < -0.39 is 6.09 Å². The minimum absolute atomic E-state index is 0.347. The van der Waals surface area contributed by atoms with Gasteiger partial charge >= 0.3 is 6.09 Å². The lowest BCUT2D eigenvalue weighted by Crippen LogP contribution is -2.22. The zero-order chi connectivity index (χ0) is 16.2. The van der Waals surface area contributed by atoms with Gasteiger partial charge in [0.2, 0.25) is 0 Å². The van der Waals surface area contributed by atoms with Crippen LogP contribution in [0, 0.1) is 0 Å². The van der Waals surface area contributed by atoms with Crippen LogP contribution in [0.25, 0.3) is 11.1 Å². The molecule has 0 aliphatic carbocycles. The van der Waals surface area contributed by atoms with Gasteiger partial charge in [-0.05, 0) is 36.2 Å². The van der Waals surface area contributed by atoms with Gasteiger partial charge in [-0.3, -0.25) is 0 Å². The lowest BCUT2D eigenvalue weighted by Gasteiger charge is -2.25. The van der Waals surface area contributed by atoms with E-state index >= 15 is 0 Å². The van der Waals surface area contributed by atoms with Crippen molar-refractivity contribution in [3.8, 4) is 22.6 Å². The number of ether oxygens (including phenoxy) is 3. The first kappa shape index (κ1) is 15.2. The van der Waals surface area contributed by atoms with Crippen molar-refractivity contribution < 1.29 is 19.0 Å². The number of hydrogen-bond acceptors (Lipinski definition) is 4. The fraction of sp³-hybridized carbons (Fsp3) is 0.278. The number of carbonyl (C=O) groups is 1. The van der Waals surface area contributed by atoms with E-state index in [0.717, 1.165) is 28.2 Å². The van der Waals surface area contributed by atoms with Crippen LogP contribution in [0.1, 0.15) is 25.0 Å². The molecule has 0 saturated heterocycles. The Morgan fingerprint density at radius 2 is 2.09 bits per heavy atom. The van der Waals surface area contributed by atoms with Crippen LogP contribution in [0.3, 0.4) is 0 Å². The summed E-state index contributed by atoms with van der Waals surface area (Å²) < 4.78 is 16.4. The van der Waals surface area contributed by atoms with Gasteiger partial charge < -0.3 is 19.9 Å². The van der Waals surface area contributed by atoms with Crippen molar-refractivity contribution in [3.63, 3.8) is 0 Å². The van der Waals surface area contributed by atoms with Gasteiger partial charge in [-0.1, -0.05) is 24.3 Å². The second-order valence-corrected chi connectivity index (χ2v) is 5.28. The second kappa shape index (κ2) is 6.60. The fourth-order valence-electron chi connectivity index (χ4n) is 2.73. The maximum absolute atomic E-state index is 11.0. The van der Waals surface area contributed by atoms with E-state index in [4.69, 9.17) is 19.9 Å². The SMILES string of the molecule is CCOc1cccc(-c2ccc3c(c2)OCCC3OC(N)=O)c1. The molecule has 2 aromatic rings. The van der Waals surface area contributed by atoms with Gasteiger partial charge in [0.1, 0.15) is 17.6 Å². The largest absolute Gasteiger partial charge is 0.494 e. The molecular weight excluding hydrogens is 294 g/mol. The summed E-state index contributed by atoms with van der Waals surface area (Å²) in [6.45, 7) is 3.08. The highest BCUT2D eigenvalue weighted by Crippen LogP contribution is 2.37. The molecule has 0 spiro atoms. The van der Waals surface area contributed by atoms with E-state index in [1.807, 2.05) is 49.4 Å². The van der Waals surface area contributed by atoms with Crippen LogP contribution in [-0.2, 0) is 4.74 Å². The van der Waals surface area contributed by atoms with Crippen molar-refractivity contribution in [1.29, 1.82) is 0 Å². The minimum atomic E-state index is -0.767. The minimum Gasteiger partial charge on any atom is -0.494 e. The molecule has 1 aliphatic rings. The Kier molecular flexibility index (Phi) is 4.37. The number of carbonyl (C=O) groups excluding carboxylic acids is 1. The van der Waals surface area contributed by atoms with Crippen LogP contribution in [0.15, 0.2) is 42.5 Å². The van der Waals surface area contributed by atoms with Crippen LogP contribution < -0.4 is 15.2 Å². The predicted octanol–water partition coefficient (Wildman–Crippen LogP) is 3.67. The zero-order valence-electron chi connectivity index (χ0n) is 13.0. The molecule has 3 rings (SSSR count). The molecule has 0 bridgehead atoms. The van der Waals surface area contributed by atoms with E-state index in [1.54, 1.807) is 0 Å². The Morgan fingerprint density at radius 1 is 1.26 bits per heavy atom. The third-order valence-electron chi connectivity index (χ3n) is 3.73. The van der Waals surface area contributed by atoms with E-state index in [9.17, 15) is 4.79 Å². The normalized spacial score (nSPS) is 16.1. The zero-order valence-corrected chi connectivity index (χ0v) is 13.0. The van der Waals surface area contributed by atoms with Crippen molar-refractivity contribution >= 4 is 6.09 Å². The first-order valence-electron chi connectivity index (χ1n) is 7.63. The van der Waals surface area contributed by atoms with Gasteiger partial charge in [-0.15, -0.1) is 0 Å². The highest BCUT2D eigenvalue weighted by Gasteiger charge is 2.24. The molecular formula is C18H19NO4. The fourth-order valence-corrected chi connectivity index (χ4v) is 2.73. The first-order valence-corrected chi connectivity index (χ1v) is 7.63. The molecule has 5 nitrogen and oxygen atoms in total. The molecule has 1 atom stereocenters. The number of nitrogens with two attached hydrogens (primary N) is 1. The van der Waals surface area contributed by atoms with Crippen molar-refractivity contribution in [2.75, 3.05) is 13.2 Å². The summed E-state index contributed by atoms with van der Waals surface area (Å²) >= 11 is 0. The predicted molar refractivity (Wildman–Crippen MR) is 86.6 cm³/mol. The molecule has 0 aromatic heterocycles. The van der Waals surface area contributed by atoms with Crippen LogP contribution >= 0.6 is 0 Å². The molecule has 5 heteroatoms. The highest BCUT2D eigenvalue weighted by molar-refractivity contribution is 5.69. The smallest absolute Gasteiger partial charge is 0.405 e. The monoisotopic (exact) mass is 313 g/mol. The average molecular weight is 313 g/mol. The maximum Gasteiger partial charge on any atom is 0.405 e. The summed E-state index contributed by atoms with van der Waals surface area (Å²) in [6, 6.07) is 13.8. The third kappa shape index (κ3) is 3.39. The summed E-state index contributed by atoms with van der Waals surface area (Å²) in [7, 11) is 0. The Hall–Kier alpha value is -2.69. The summed E-state index contributed by atoms with van der Waals surface area (Å²) in [4.78, 5) is 11.0. The summed E-state index contributed by atoms with van der Waals surface area (Å²) in [6.07, 6.45) is -0.508. The Morgan fingerprint density at radius 3 is 2.87 bits per heavy atom. The number of rotatable bonds is 4. The second-order valence-electron chi connectivity index (χ2n) is 5.28. The molecule has 120 valence electrons. The quantitative estimate of drug-likeness (QED) is 0.935. The van der Waals surface area contributed by atoms with Crippen LogP contribution in [0.5, 0.6) is 11.5 Å². The molecule has 1 aliphatic heterocycles. The number of benzene rings is 2. The van der Waals surface area contributed by atoms with Crippen LogP contribution in [-0.4, -0.2) is 19.3 Å². The lowest BCUT2D eigenvalue weighted by atomic mass is 9.98. The first-order chi connectivity index (χ1) is 11.2. The number of primary amides is 1. The molecule has 2 N–H and O–H groups in total. The Balaban J connectivity index is 1.91. The van der Waals surface area contributed by atoms with E-state index in [2.05, 4.69) is 0 Å². The topological polar surface area (TPSA) is 70.8 Å². The van der Waals surface area contributed by atoms with Crippen molar-refractivity contribution in [2.24, 2.45) is 5.73 Å². The van der Waals surface area contributed by atoms with Gasteiger partial charge in [-0.2, -0.15) is 0 Å². The van der Waals surface area contributed by atoms with Crippen molar-refractivity contribution in [1.82, 2.24) is 0 Å². The van der Waals surface area contributed by atoms with Gasteiger partial charge in [0.25, 0.3) is 0 Å². The molecule has 1 amide bonds. The number of amides is 1. The molecule has 0 radical (unpaired) electrons. The highest BCUT2D eigenvalue weighted by atomic mass is 16.6. The molecule has 0 fully saturated rings. The molecule has 23 heavy (non-hydrogen) atoms. The third-order valence-corrected chi connectivity index (χ3v) is 3.73. The number of fused-ring (bicyclic) bond motifs is 1. The Labute approximate surface area is 135 Å². The summed E-state index contributed by atoms with van der Waals surface area (Å²) in [5.41, 5.74) is 8.04. The lowest BCUT2D eigenvalue weighted by molar-refractivity contribution is 0.0766. The van der Waals surface area contributed by atoms with Gasteiger partial charge in [0.05, 0.1) is 13.2 Å². The molecule has 2 aromatic carbocycles. The van der Waals surface area contributed by atoms with Crippen LogP contribution in [0.4, 0.5) is 4.79 Å². The van der Waals surface area contributed by atoms with Gasteiger partial charge in [-0.25, -0.2) is 4.79 Å². The van der Waals surface area contributed by atoms with E-state index in [1.165, 1.54) is 0 Å². The van der Waals surface area contributed by atoms with Gasteiger partial charge in [0.15, 0.2) is 0 Å². The van der Waals surface area contributed by atoms with Crippen LogP contribution in [0.2, 0.25) is 0 Å². The molecule has 1 unspecified atom stereocenters. The number of hydrogen-bond donors (Lipinski definition) is 1. The van der Waals surface area contributed by atoms with Crippen molar-refractivity contribution in [3.05, 3.63) is 48.0 Å². The average Bonchev–Trinajstić information content (AvgIpc) is 2.55. The molecule has 0 saturated carbocycles. The molecule has 1 heterocycles. The Bertz CT molecular complexity index is 714. The van der Waals surface area contributed by atoms with E-state index in [0.29, 0.717) is 19.6 Å². The summed E-state index contributed by atoms with van der Waals surface area (Å²) in [5, 5.41) is 0. The standard InChI is InChI=1S/C18H19NO4/c1-2-21-14-5-3-4-12(10-14)13-6-7-15-16(23-18(19)20)8-9-22-17(15)11-13/h3-7,10-11,16H,2,8-9H2,1H3,(H2,19,20). The van der Waals surface area contributed by atoms with Crippen molar-refractivity contribution in [2.45, 2.75) is 19.4 Å². The maximum atomic E-state index is 11.0. The van der Waals surface area contributed by atoms with E-state index in [-0.39, 0.29) is 6.10 Å². The summed E-state index contributed by atoms with van der Waals surface area (Å²) in [5.74, 6) is 1.56. The van der Waals surface area contributed by atoms with Gasteiger partial charge in [0, 0.05) is 12.0 Å².